The molecule has 2 rings (SSSR count). The Balaban J connectivity index is 2.45. The van der Waals surface area contributed by atoms with Gasteiger partial charge in [0.15, 0.2) is 0 Å². The minimum absolute atomic E-state index is 0.414. The molecule has 2 aliphatic rings. The third-order valence-corrected chi connectivity index (χ3v) is 3.78. The summed E-state index contributed by atoms with van der Waals surface area (Å²) >= 11 is 0. The first-order valence-corrected chi connectivity index (χ1v) is 4.11. The lowest BCUT2D eigenvalue weighted by Crippen LogP contribution is -2.31. The number of hydrogen-bond donors (Lipinski definition) is 0. The Bertz CT molecular complexity index is 193. The van der Waals surface area contributed by atoms with Gasteiger partial charge in [-0.2, -0.15) is 0 Å². The van der Waals surface area contributed by atoms with Crippen molar-refractivity contribution in [2.45, 2.75) is 39.7 Å². The normalized spacial score (nSPS) is 48.5. The molecule has 1 heteroatoms. The quantitative estimate of drug-likeness (QED) is 0.485. The highest BCUT2D eigenvalue weighted by atomic mass is 14.9. The molecule has 1 heterocycles. The van der Waals surface area contributed by atoms with Gasteiger partial charge in [0.2, 0.25) is 0 Å². The van der Waals surface area contributed by atoms with Gasteiger partial charge in [-0.3, -0.25) is 4.99 Å². The molecule has 0 aromatic rings. The van der Waals surface area contributed by atoms with E-state index in [0.29, 0.717) is 16.9 Å². The van der Waals surface area contributed by atoms with Crippen LogP contribution in [0.1, 0.15) is 33.6 Å². The molecular weight excluding hydrogens is 122 g/mol. The number of aliphatic imine (C=N–C) groups is 1. The highest BCUT2D eigenvalue weighted by Gasteiger charge is 2.54. The number of hydrogen-bond acceptors (Lipinski definition) is 1. The minimum Gasteiger partial charge on any atom is -0.293 e. The Hall–Kier alpha value is -0.330. The smallest absolute Gasteiger partial charge is 0.0555 e. The van der Waals surface area contributed by atoms with Gasteiger partial charge < -0.3 is 0 Å². The van der Waals surface area contributed by atoms with E-state index < -0.39 is 0 Å². The van der Waals surface area contributed by atoms with Crippen LogP contribution >= 0.6 is 0 Å². The number of nitrogens with zero attached hydrogens (tertiary/aromatic N) is 1. The zero-order chi connectivity index (χ0) is 7.41. The van der Waals surface area contributed by atoms with Crippen molar-refractivity contribution in [2.75, 3.05) is 0 Å². The Morgan fingerprint density at radius 3 is 2.20 bits per heavy atom. The number of rotatable bonds is 0. The second-order valence-corrected chi connectivity index (χ2v) is 4.47. The van der Waals surface area contributed by atoms with Crippen LogP contribution in [-0.2, 0) is 0 Å². The molecule has 1 saturated carbocycles. The van der Waals surface area contributed by atoms with Crippen LogP contribution in [0.3, 0.4) is 0 Å². The van der Waals surface area contributed by atoms with E-state index >= 15 is 0 Å². The number of fused-ring (bicyclic) bond motifs is 2. The summed E-state index contributed by atoms with van der Waals surface area (Å²) in [6.45, 7) is 7.03. The van der Waals surface area contributed by atoms with Crippen molar-refractivity contribution in [2.24, 2.45) is 15.8 Å². The van der Waals surface area contributed by atoms with Crippen molar-refractivity contribution in [1.29, 1.82) is 0 Å². The zero-order valence-electron chi connectivity index (χ0n) is 7.02. The van der Waals surface area contributed by atoms with Crippen molar-refractivity contribution >= 4 is 6.21 Å². The predicted molar refractivity (Wildman–Crippen MR) is 43.4 cm³/mol. The molecule has 0 aromatic heterocycles. The highest BCUT2D eigenvalue weighted by molar-refractivity contribution is 5.71. The standard InChI is InChI=1S/C9H15N/c1-8(2)7-4-5-9(8,3)6-10-7/h6-7H,4-5H2,1-3H3. The molecule has 2 atom stereocenters. The van der Waals surface area contributed by atoms with Gasteiger partial charge in [0, 0.05) is 11.6 Å². The van der Waals surface area contributed by atoms with Crippen LogP contribution in [0, 0.1) is 10.8 Å². The molecule has 1 aliphatic heterocycles. The lowest BCUT2D eigenvalue weighted by Gasteiger charge is -2.31. The van der Waals surface area contributed by atoms with E-state index in [1.165, 1.54) is 12.8 Å². The molecule has 0 amide bonds. The van der Waals surface area contributed by atoms with Crippen LogP contribution in [0.5, 0.6) is 0 Å². The van der Waals surface area contributed by atoms with Gasteiger partial charge >= 0.3 is 0 Å². The van der Waals surface area contributed by atoms with Crippen molar-refractivity contribution in [1.82, 2.24) is 0 Å². The summed E-state index contributed by atoms with van der Waals surface area (Å²) in [7, 11) is 0. The molecule has 0 aromatic carbocycles. The van der Waals surface area contributed by atoms with Gasteiger partial charge in [-0.05, 0) is 18.3 Å². The maximum absolute atomic E-state index is 4.50. The van der Waals surface area contributed by atoms with Gasteiger partial charge in [-0.25, -0.2) is 0 Å². The molecule has 0 saturated heterocycles. The second-order valence-electron chi connectivity index (χ2n) is 4.47. The van der Waals surface area contributed by atoms with Crippen molar-refractivity contribution in [3.8, 4) is 0 Å². The van der Waals surface area contributed by atoms with Crippen LogP contribution in [0.2, 0.25) is 0 Å². The Morgan fingerprint density at radius 2 is 2.10 bits per heavy atom. The Morgan fingerprint density at radius 1 is 1.40 bits per heavy atom. The maximum Gasteiger partial charge on any atom is 0.0555 e. The molecule has 1 fully saturated rings. The molecule has 2 unspecified atom stereocenters. The van der Waals surface area contributed by atoms with E-state index in [1.807, 2.05) is 0 Å². The SMILES string of the molecule is CC12C=NC(CC1)C2(C)C. The summed E-state index contributed by atoms with van der Waals surface area (Å²) < 4.78 is 0. The van der Waals surface area contributed by atoms with E-state index in [-0.39, 0.29) is 0 Å². The van der Waals surface area contributed by atoms with E-state index in [4.69, 9.17) is 0 Å². The highest BCUT2D eigenvalue weighted by Crippen LogP contribution is 2.56. The summed E-state index contributed by atoms with van der Waals surface area (Å²) in [6.07, 6.45) is 4.83. The minimum atomic E-state index is 0.414. The van der Waals surface area contributed by atoms with Crippen molar-refractivity contribution < 1.29 is 0 Å². The molecule has 0 spiro atoms. The second kappa shape index (κ2) is 1.46. The molecule has 1 nitrogen and oxygen atoms in total. The van der Waals surface area contributed by atoms with Crippen molar-refractivity contribution in [3.05, 3.63) is 0 Å². The Labute approximate surface area is 62.5 Å². The van der Waals surface area contributed by atoms with Crippen LogP contribution in [0.15, 0.2) is 4.99 Å². The van der Waals surface area contributed by atoms with E-state index in [0.717, 1.165) is 0 Å². The first-order valence-electron chi connectivity index (χ1n) is 4.11. The fourth-order valence-electron chi connectivity index (χ4n) is 2.25. The largest absolute Gasteiger partial charge is 0.293 e. The molecule has 2 bridgehead atoms. The summed E-state index contributed by atoms with van der Waals surface area (Å²) in [5.41, 5.74) is 0.852. The van der Waals surface area contributed by atoms with Gasteiger partial charge in [0.1, 0.15) is 0 Å². The first-order chi connectivity index (χ1) is 4.56. The first kappa shape index (κ1) is 6.38. The van der Waals surface area contributed by atoms with Gasteiger partial charge in [-0.15, -0.1) is 0 Å². The summed E-state index contributed by atoms with van der Waals surface area (Å²) in [6, 6.07) is 0.623. The van der Waals surface area contributed by atoms with E-state index in [9.17, 15) is 0 Å². The van der Waals surface area contributed by atoms with Crippen LogP contribution in [-0.4, -0.2) is 12.3 Å². The predicted octanol–water partition coefficient (Wildman–Crippen LogP) is 2.27. The monoisotopic (exact) mass is 137 g/mol. The van der Waals surface area contributed by atoms with Crippen LogP contribution in [0.4, 0.5) is 0 Å². The average Bonchev–Trinajstić information content (AvgIpc) is 2.18. The van der Waals surface area contributed by atoms with Crippen molar-refractivity contribution in [3.63, 3.8) is 0 Å². The summed E-state index contributed by atoms with van der Waals surface area (Å²) in [5.74, 6) is 0. The molecule has 0 radical (unpaired) electrons. The van der Waals surface area contributed by atoms with Gasteiger partial charge in [0.05, 0.1) is 6.04 Å². The molecule has 10 heavy (non-hydrogen) atoms. The lowest BCUT2D eigenvalue weighted by atomic mass is 9.71. The van der Waals surface area contributed by atoms with Crippen LogP contribution < -0.4 is 0 Å². The fraction of sp³-hybridized carbons (Fsp3) is 0.889. The molecule has 0 N–H and O–H groups in total. The van der Waals surface area contributed by atoms with E-state index in [2.05, 4.69) is 32.0 Å². The Kier molecular flexibility index (Phi) is 0.934. The summed E-state index contributed by atoms with van der Waals surface area (Å²) in [4.78, 5) is 4.50. The van der Waals surface area contributed by atoms with Gasteiger partial charge in [-0.1, -0.05) is 20.8 Å². The van der Waals surface area contributed by atoms with Gasteiger partial charge in [0.25, 0.3) is 0 Å². The third-order valence-electron chi connectivity index (χ3n) is 3.78. The molecular formula is C9H15N. The third kappa shape index (κ3) is 0.480. The lowest BCUT2D eigenvalue weighted by molar-refractivity contribution is 0.223. The van der Waals surface area contributed by atoms with Crippen LogP contribution in [0.25, 0.3) is 0 Å². The molecule has 56 valence electrons. The molecule has 1 aliphatic carbocycles. The summed E-state index contributed by atoms with van der Waals surface area (Å²) in [5, 5.41) is 0. The fourth-order valence-corrected chi connectivity index (χ4v) is 2.25. The average molecular weight is 137 g/mol. The topological polar surface area (TPSA) is 12.4 Å². The van der Waals surface area contributed by atoms with E-state index in [1.54, 1.807) is 0 Å². The maximum atomic E-state index is 4.50. The zero-order valence-corrected chi connectivity index (χ0v) is 7.02.